The molecule has 0 aliphatic rings. The van der Waals surface area contributed by atoms with Crippen molar-refractivity contribution in [3.8, 4) is 0 Å². The number of nitrogens with two attached hydrogens (primary N) is 3. The maximum Gasteiger partial charge on any atom is 0.326 e. The largest absolute Gasteiger partial charge is 0.481 e. The Morgan fingerprint density at radius 1 is 0.889 bits per heavy atom. The van der Waals surface area contributed by atoms with Crippen LogP contribution in [0.3, 0.4) is 0 Å². The predicted molar refractivity (Wildman–Crippen MR) is 162 cm³/mol. The first-order valence-corrected chi connectivity index (χ1v) is 14.1. The van der Waals surface area contributed by atoms with Gasteiger partial charge in [0.1, 0.15) is 18.1 Å². The maximum absolute atomic E-state index is 13.7. The number of aliphatic imine (C=N–C) groups is 1. The van der Waals surface area contributed by atoms with Crippen LogP contribution in [0, 0.1) is 0 Å². The van der Waals surface area contributed by atoms with E-state index in [4.69, 9.17) is 22.3 Å². The number of nitrogens with zero attached hydrogens (tertiary/aromatic N) is 2. The van der Waals surface area contributed by atoms with E-state index in [1.165, 1.54) is 12.5 Å². The first-order valence-electron chi connectivity index (χ1n) is 14.1. The third kappa shape index (κ3) is 10.6. The van der Waals surface area contributed by atoms with E-state index in [0.717, 1.165) is 10.9 Å². The molecule has 0 radical (unpaired) electrons. The summed E-state index contributed by atoms with van der Waals surface area (Å²) < 4.78 is 0. The molecule has 4 unspecified atom stereocenters. The summed E-state index contributed by atoms with van der Waals surface area (Å²) in [4.78, 5) is 76.7. The number of carboxylic acids is 2. The maximum atomic E-state index is 13.7. The van der Waals surface area contributed by atoms with Crippen LogP contribution in [0.15, 0.2) is 48.0 Å². The lowest BCUT2D eigenvalue weighted by Crippen LogP contribution is -2.58. The molecule has 0 fully saturated rings. The molecule has 0 saturated carbocycles. The topological polar surface area (TPSA) is 297 Å². The number of fused-ring (bicyclic) bond motifs is 1. The van der Waals surface area contributed by atoms with Gasteiger partial charge in [-0.15, -0.1) is 0 Å². The average molecular weight is 627 g/mol. The number of rotatable bonds is 18. The molecule has 2 aromatic heterocycles. The van der Waals surface area contributed by atoms with Crippen LogP contribution in [0.25, 0.3) is 10.9 Å². The molecule has 0 bridgehead atoms. The van der Waals surface area contributed by atoms with Crippen LogP contribution >= 0.6 is 0 Å². The predicted octanol–water partition coefficient (Wildman–Crippen LogP) is -1.54. The van der Waals surface area contributed by atoms with Gasteiger partial charge in [-0.1, -0.05) is 18.2 Å². The van der Waals surface area contributed by atoms with Crippen LogP contribution in [-0.4, -0.2) is 91.5 Å². The van der Waals surface area contributed by atoms with E-state index in [2.05, 4.69) is 35.9 Å². The first-order chi connectivity index (χ1) is 21.4. The number of hydrogen-bond acceptors (Lipinski definition) is 8. The molecule has 45 heavy (non-hydrogen) atoms. The second-order valence-electron chi connectivity index (χ2n) is 10.4. The minimum Gasteiger partial charge on any atom is -0.481 e. The lowest BCUT2D eigenvalue weighted by atomic mass is 10.0. The number of amides is 3. The first kappa shape index (κ1) is 34.0. The summed E-state index contributed by atoms with van der Waals surface area (Å²) in [6.45, 7) is 0.260. The van der Waals surface area contributed by atoms with Crippen LogP contribution in [0.5, 0.6) is 0 Å². The molecule has 17 nitrogen and oxygen atoms in total. The summed E-state index contributed by atoms with van der Waals surface area (Å²) in [7, 11) is 0. The van der Waals surface area contributed by atoms with E-state index in [9.17, 15) is 29.1 Å². The third-order valence-electron chi connectivity index (χ3n) is 6.91. The molecule has 242 valence electrons. The summed E-state index contributed by atoms with van der Waals surface area (Å²) in [6.07, 6.45) is 4.21. The number of aromatic nitrogens is 3. The zero-order valence-corrected chi connectivity index (χ0v) is 24.4. The lowest BCUT2D eigenvalue weighted by Gasteiger charge is -2.25. The Hall–Kier alpha value is -5.45. The summed E-state index contributed by atoms with van der Waals surface area (Å²) in [6, 6.07) is 2.25. The fraction of sp³-hybridized carbons (Fsp3) is 0.393. The van der Waals surface area contributed by atoms with E-state index < -0.39 is 60.2 Å². The van der Waals surface area contributed by atoms with E-state index >= 15 is 0 Å². The SMILES string of the molecule is NC(N)=NCCCC(N)C(=O)NC(Cc1cnc[nH]1)C(=O)NC(Cc1c[nH]c2ccccc12)C(=O)NC(CCC(=O)O)C(=O)O. The molecule has 3 amide bonds. The van der Waals surface area contributed by atoms with Gasteiger partial charge in [0.25, 0.3) is 0 Å². The van der Waals surface area contributed by atoms with Gasteiger partial charge in [0.05, 0.1) is 12.4 Å². The van der Waals surface area contributed by atoms with Gasteiger partial charge < -0.3 is 53.3 Å². The van der Waals surface area contributed by atoms with Crippen molar-refractivity contribution < 1.29 is 34.2 Å². The Kier molecular flexibility index (Phi) is 12.4. The number of carboxylic acid groups (broad SMARTS) is 2. The summed E-state index contributed by atoms with van der Waals surface area (Å²) in [5.74, 6) is -4.98. The van der Waals surface area contributed by atoms with Gasteiger partial charge in [-0.2, -0.15) is 0 Å². The molecular formula is C28H38N10O7. The van der Waals surface area contributed by atoms with Crippen molar-refractivity contribution in [2.45, 2.75) is 62.7 Å². The number of nitrogens with one attached hydrogen (secondary N) is 5. The molecule has 2 heterocycles. The minimum atomic E-state index is -1.52. The highest BCUT2D eigenvalue weighted by Crippen LogP contribution is 2.19. The van der Waals surface area contributed by atoms with Crippen molar-refractivity contribution in [3.63, 3.8) is 0 Å². The van der Waals surface area contributed by atoms with Gasteiger partial charge in [0.15, 0.2) is 5.96 Å². The highest BCUT2D eigenvalue weighted by Gasteiger charge is 2.31. The normalized spacial score (nSPS) is 13.6. The monoisotopic (exact) mass is 626 g/mol. The second kappa shape index (κ2) is 16.4. The van der Waals surface area contributed by atoms with Crippen molar-refractivity contribution in [2.24, 2.45) is 22.2 Å². The van der Waals surface area contributed by atoms with Gasteiger partial charge in [0, 0.05) is 54.8 Å². The molecule has 4 atom stereocenters. The van der Waals surface area contributed by atoms with Crippen LogP contribution in [-0.2, 0) is 36.8 Å². The Labute approximate surface area is 257 Å². The van der Waals surface area contributed by atoms with Gasteiger partial charge in [-0.3, -0.25) is 24.2 Å². The molecular weight excluding hydrogens is 588 g/mol. The fourth-order valence-corrected chi connectivity index (χ4v) is 4.55. The zero-order chi connectivity index (χ0) is 32.9. The highest BCUT2D eigenvalue weighted by molar-refractivity contribution is 5.95. The Morgan fingerprint density at radius 2 is 1.56 bits per heavy atom. The molecule has 0 spiro atoms. The third-order valence-corrected chi connectivity index (χ3v) is 6.91. The fourth-order valence-electron chi connectivity index (χ4n) is 4.55. The van der Waals surface area contributed by atoms with Crippen molar-refractivity contribution >= 4 is 46.5 Å². The van der Waals surface area contributed by atoms with Crippen molar-refractivity contribution in [3.05, 3.63) is 54.2 Å². The quantitative estimate of drug-likeness (QED) is 0.0438. The second-order valence-corrected chi connectivity index (χ2v) is 10.4. The molecule has 17 heteroatoms. The standard InChI is InChI=1S/C28H38N10O7/c29-18(5-3-9-33-28(30)31)24(41)37-22(11-16-13-32-14-35-16)26(43)38-21(10-15-12-34-19-6-2-1-4-17(15)19)25(42)36-20(27(44)45)7-8-23(39)40/h1-2,4,6,12-14,18,20-22,34H,3,5,7-11,29H2,(H,32,35)(H,36,42)(H,37,41)(H,38,43)(H,39,40)(H,44,45)(H4,30,31,33). The molecule has 3 rings (SSSR count). The summed E-state index contributed by atoms with van der Waals surface area (Å²) in [5, 5.41) is 27.0. The molecule has 0 aliphatic heterocycles. The van der Waals surface area contributed by atoms with Crippen LogP contribution < -0.4 is 33.2 Å². The van der Waals surface area contributed by atoms with E-state index in [-0.39, 0.29) is 38.2 Å². The highest BCUT2D eigenvalue weighted by atomic mass is 16.4. The number of para-hydroxylation sites is 1. The number of guanidine groups is 1. The number of carbonyl (C=O) groups is 5. The Morgan fingerprint density at radius 3 is 2.20 bits per heavy atom. The van der Waals surface area contributed by atoms with Crippen molar-refractivity contribution in [1.29, 1.82) is 0 Å². The van der Waals surface area contributed by atoms with Gasteiger partial charge in [0.2, 0.25) is 17.7 Å². The van der Waals surface area contributed by atoms with Gasteiger partial charge in [-0.05, 0) is 30.9 Å². The van der Waals surface area contributed by atoms with E-state index in [1.54, 1.807) is 12.3 Å². The molecule has 3 aromatic rings. The minimum absolute atomic E-state index is 0.0317. The Bertz CT molecular complexity index is 1500. The van der Waals surface area contributed by atoms with Crippen LogP contribution in [0.4, 0.5) is 0 Å². The number of benzene rings is 1. The summed E-state index contributed by atoms with van der Waals surface area (Å²) in [5.41, 5.74) is 18.6. The number of H-pyrrole nitrogens is 2. The smallest absolute Gasteiger partial charge is 0.326 e. The number of aliphatic carboxylic acids is 2. The number of hydrogen-bond donors (Lipinski definition) is 10. The molecule has 13 N–H and O–H groups in total. The average Bonchev–Trinajstić information content (AvgIpc) is 3.66. The van der Waals surface area contributed by atoms with Crippen LogP contribution in [0.1, 0.15) is 36.9 Å². The molecule has 0 aliphatic carbocycles. The number of imidazole rings is 1. The molecule has 1 aromatic carbocycles. The van der Waals surface area contributed by atoms with E-state index in [0.29, 0.717) is 17.7 Å². The summed E-state index contributed by atoms with van der Waals surface area (Å²) >= 11 is 0. The van der Waals surface area contributed by atoms with Crippen molar-refractivity contribution in [2.75, 3.05) is 6.54 Å². The van der Waals surface area contributed by atoms with E-state index in [1.807, 2.05) is 18.2 Å². The number of carbonyl (C=O) groups excluding carboxylic acids is 3. The Balaban J connectivity index is 1.83. The lowest BCUT2D eigenvalue weighted by molar-refractivity contribution is -0.143. The molecule has 0 saturated heterocycles. The number of aromatic amines is 2. The van der Waals surface area contributed by atoms with Gasteiger partial charge in [-0.25, -0.2) is 9.78 Å². The van der Waals surface area contributed by atoms with Gasteiger partial charge >= 0.3 is 11.9 Å². The van der Waals surface area contributed by atoms with Crippen molar-refractivity contribution in [1.82, 2.24) is 30.9 Å². The zero-order valence-electron chi connectivity index (χ0n) is 24.4. The van der Waals surface area contributed by atoms with Crippen LogP contribution in [0.2, 0.25) is 0 Å².